The maximum atomic E-state index is 13.1. The van der Waals surface area contributed by atoms with E-state index in [2.05, 4.69) is 15.5 Å². The number of carbonyl (C=O) groups is 2. The smallest absolute Gasteiger partial charge is 0.253 e. The highest BCUT2D eigenvalue weighted by Crippen LogP contribution is 2.31. The van der Waals surface area contributed by atoms with Gasteiger partial charge in [-0.2, -0.15) is 0 Å². The number of para-hydroxylation sites is 1. The lowest BCUT2D eigenvalue weighted by atomic mass is 10.0. The third-order valence-electron chi connectivity index (χ3n) is 5.90. The van der Waals surface area contributed by atoms with E-state index in [0.717, 1.165) is 37.2 Å². The van der Waals surface area contributed by atoms with Gasteiger partial charge in [0.15, 0.2) is 0 Å². The fourth-order valence-corrected chi connectivity index (χ4v) is 4.36. The number of methoxy groups -OCH3 is 1. The van der Waals surface area contributed by atoms with Crippen LogP contribution in [-0.4, -0.2) is 49.5 Å². The summed E-state index contributed by atoms with van der Waals surface area (Å²) in [7, 11) is 1.66. The highest BCUT2D eigenvalue weighted by atomic mass is 35.5. The van der Waals surface area contributed by atoms with E-state index in [-0.39, 0.29) is 23.8 Å². The molecule has 0 spiro atoms. The number of ether oxygens (including phenoxy) is 1. The largest absolute Gasteiger partial charge is 0.496 e. The number of amides is 2. The molecule has 7 heteroatoms. The first-order valence-electron chi connectivity index (χ1n) is 11.1. The van der Waals surface area contributed by atoms with E-state index in [9.17, 15) is 9.59 Å². The van der Waals surface area contributed by atoms with Gasteiger partial charge in [0.1, 0.15) is 11.8 Å². The van der Waals surface area contributed by atoms with E-state index in [1.165, 1.54) is 0 Å². The van der Waals surface area contributed by atoms with E-state index in [4.69, 9.17) is 16.3 Å². The number of halogens is 1. The fourth-order valence-electron chi connectivity index (χ4n) is 4.14. The third kappa shape index (κ3) is 5.81. The molecule has 0 aromatic heterocycles. The van der Waals surface area contributed by atoms with Gasteiger partial charge in [-0.15, -0.1) is 0 Å². The van der Waals surface area contributed by atoms with Crippen molar-refractivity contribution in [3.05, 3.63) is 64.7 Å². The summed E-state index contributed by atoms with van der Waals surface area (Å²) in [4.78, 5) is 28.2. The molecule has 0 radical (unpaired) electrons. The predicted molar refractivity (Wildman–Crippen MR) is 127 cm³/mol. The van der Waals surface area contributed by atoms with Gasteiger partial charge in [0.05, 0.1) is 23.7 Å². The Kier molecular flexibility index (Phi) is 8.53. The summed E-state index contributed by atoms with van der Waals surface area (Å²) in [6.07, 6.45) is 2.28. The Balaban J connectivity index is 1.73. The molecule has 1 heterocycles. The van der Waals surface area contributed by atoms with Crippen molar-refractivity contribution >= 4 is 23.4 Å². The Hall–Kier alpha value is -2.57. The molecule has 0 bridgehead atoms. The average molecular weight is 458 g/mol. The standard InChI is InChI=1S/C25H32ClN3O3/c1-17(2)23(28-24(30)18-10-4-6-12-20(18)26)25(31)27-16-21(29-14-8-9-15-29)19-11-5-7-13-22(19)32-3/h4-7,10-13,17,21,23H,8-9,14-16H2,1-3H3,(H,27,31)(H,28,30)/t21-,23-/m0/s1. The highest BCUT2D eigenvalue weighted by Gasteiger charge is 2.29. The molecule has 2 aromatic rings. The average Bonchev–Trinajstić information content (AvgIpc) is 3.32. The van der Waals surface area contributed by atoms with Crippen LogP contribution in [0.15, 0.2) is 48.5 Å². The molecule has 0 unspecified atom stereocenters. The second-order valence-electron chi connectivity index (χ2n) is 8.42. The topological polar surface area (TPSA) is 70.7 Å². The van der Waals surface area contributed by atoms with Crippen LogP contribution >= 0.6 is 11.6 Å². The first-order valence-corrected chi connectivity index (χ1v) is 11.5. The monoisotopic (exact) mass is 457 g/mol. The minimum absolute atomic E-state index is 0.00433. The number of hydrogen-bond donors (Lipinski definition) is 2. The lowest BCUT2D eigenvalue weighted by molar-refractivity contribution is -0.124. The van der Waals surface area contributed by atoms with Crippen LogP contribution in [0.4, 0.5) is 0 Å². The molecule has 0 saturated carbocycles. The summed E-state index contributed by atoms with van der Waals surface area (Å²) >= 11 is 6.15. The Morgan fingerprint density at radius 3 is 2.38 bits per heavy atom. The van der Waals surface area contributed by atoms with Crippen molar-refractivity contribution in [1.82, 2.24) is 15.5 Å². The molecule has 1 aliphatic heterocycles. The van der Waals surface area contributed by atoms with E-state index in [1.807, 2.05) is 38.1 Å². The van der Waals surface area contributed by atoms with Gasteiger partial charge >= 0.3 is 0 Å². The molecule has 2 atom stereocenters. The van der Waals surface area contributed by atoms with Crippen LogP contribution in [0.3, 0.4) is 0 Å². The van der Waals surface area contributed by atoms with Crippen molar-refractivity contribution in [3.63, 3.8) is 0 Å². The molecule has 2 aromatic carbocycles. The summed E-state index contributed by atoms with van der Waals surface area (Å²) in [5, 5.41) is 6.29. The lowest BCUT2D eigenvalue weighted by Gasteiger charge is -2.30. The van der Waals surface area contributed by atoms with Crippen molar-refractivity contribution < 1.29 is 14.3 Å². The minimum Gasteiger partial charge on any atom is -0.496 e. The van der Waals surface area contributed by atoms with Crippen molar-refractivity contribution in [2.75, 3.05) is 26.7 Å². The number of nitrogens with zero attached hydrogens (tertiary/aromatic N) is 1. The number of rotatable bonds is 9. The van der Waals surface area contributed by atoms with Crippen LogP contribution in [0.2, 0.25) is 5.02 Å². The zero-order valence-corrected chi connectivity index (χ0v) is 19.7. The molecule has 0 aliphatic carbocycles. The Labute approximate surface area is 195 Å². The zero-order valence-electron chi connectivity index (χ0n) is 18.9. The molecule has 1 aliphatic rings. The summed E-state index contributed by atoms with van der Waals surface area (Å²) in [6.45, 7) is 6.22. The highest BCUT2D eigenvalue weighted by molar-refractivity contribution is 6.33. The molecule has 32 heavy (non-hydrogen) atoms. The van der Waals surface area contributed by atoms with E-state index in [0.29, 0.717) is 17.1 Å². The van der Waals surface area contributed by atoms with Crippen LogP contribution < -0.4 is 15.4 Å². The lowest BCUT2D eigenvalue weighted by Crippen LogP contribution is -2.51. The molecule has 2 N–H and O–H groups in total. The third-order valence-corrected chi connectivity index (χ3v) is 6.23. The maximum absolute atomic E-state index is 13.1. The van der Waals surface area contributed by atoms with Gasteiger partial charge < -0.3 is 15.4 Å². The summed E-state index contributed by atoms with van der Waals surface area (Å²) < 4.78 is 5.58. The van der Waals surface area contributed by atoms with Gasteiger partial charge in [-0.25, -0.2) is 0 Å². The second kappa shape index (κ2) is 11.3. The Morgan fingerprint density at radius 2 is 1.72 bits per heavy atom. The number of benzene rings is 2. The van der Waals surface area contributed by atoms with Gasteiger partial charge in [0.2, 0.25) is 5.91 Å². The Morgan fingerprint density at radius 1 is 1.06 bits per heavy atom. The van der Waals surface area contributed by atoms with Crippen LogP contribution in [0.25, 0.3) is 0 Å². The summed E-state index contributed by atoms with van der Waals surface area (Å²) in [5.74, 6) is 0.161. The summed E-state index contributed by atoms with van der Waals surface area (Å²) in [5.41, 5.74) is 1.41. The van der Waals surface area contributed by atoms with Gasteiger partial charge in [0, 0.05) is 12.1 Å². The number of nitrogens with one attached hydrogen (secondary N) is 2. The molecule has 1 saturated heterocycles. The molecule has 3 rings (SSSR count). The van der Waals surface area contributed by atoms with Crippen LogP contribution in [0, 0.1) is 5.92 Å². The minimum atomic E-state index is -0.671. The summed E-state index contributed by atoms with van der Waals surface area (Å²) in [6, 6.07) is 14.1. The van der Waals surface area contributed by atoms with Crippen molar-refractivity contribution in [2.24, 2.45) is 5.92 Å². The van der Waals surface area contributed by atoms with E-state index >= 15 is 0 Å². The van der Waals surface area contributed by atoms with Gasteiger partial charge in [-0.3, -0.25) is 14.5 Å². The van der Waals surface area contributed by atoms with Crippen molar-refractivity contribution in [2.45, 2.75) is 38.8 Å². The first kappa shape index (κ1) is 24.1. The zero-order chi connectivity index (χ0) is 23.1. The molecule has 1 fully saturated rings. The molecule has 6 nitrogen and oxygen atoms in total. The van der Waals surface area contributed by atoms with Gasteiger partial charge in [-0.1, -0.05) is 55.8 Å². The number of likely N-dealkylation sites (tertiary alicyclic amines) is 1. The second-order valence-corrected chi connectivity index (χ2v) is 8.83. The molecule has 172 valence electrons. The van der Waals surface area contributed by atoms with Crippen molar-refractivity contribution in [3.8, 4) is 5.75 Å². The van der Waals surface area contributed by atoms with E-state index in [1.54, 1.807) is 31.4 Å². The van der Waals surface area contributed by atoms with Gasteiger partial charge in [0.25, 0.3) is 5.91 Å². The molecular formula is C25H32ClN3O3. The Bertz CT molecular complexity index is 928. The number of hydrogen-bond acceptors (Lipinski definition) is 4. The molecule has 2 amide bonds. The van der Waals surface area contributed by atoms with Crippen LogP contribution in [-0.2, 0) is 4.79 Å². The van der Waals surface area contributed by atoms with Gasteiger partial charge in [-0.05, 0) is 50.0 Å². The van der Waals surface area contributed by atoms with Crippen LogP contribution in [0.5, 0.6) is 5.75 Å². The van der Waals surface area contributed by atoms with E-state index < -0.39 is 6.04 Å². The van der Waals surface area contributed by atoms with Crippen LogP contribution in [0.1, 0.15) is 48.7 Å². The predicted octanol–water partition coefficient (Wildman–Crippen LogP) is 4.06. The molecular weight excluding hydrogens is 426 g/mol. The maximum Gasteiger partial charge on any atom is 0.253 e. The SMILES string of the molecule is COc1ccccc1[C@H](CNC(=O)[C@@H](NC(=O)c1ccccc1Cl)C(C)C)N1CCCC1. The quantitative estimate of drug-likeness (QED) is 0.595. The fraction of sp³-hybridized carbons (Fsp3) is 0.440. The van der Waals surface area contributed by atoms with Crippen molar-refractivity contribution in [1.29, 1.82) is 0 Å². The first-order chi connectivity index (χ1) is 15.4. The number of carbonyl (C=O) groups excluding carboxylic acids is 2. The normalized spacial score (nSPS) is 15.9.